The minimum atomic E-state index is -0.672. The van der Waals surface area contributed by atoms with Crippen LogP contribution in [0.2, 0.25) is 10.0 Å². The number of ether oxygens (including phenoxy) is 3. The summed E-state index contributed by atoms with van der Waals surface area (Å²) in [6, 6.07) is 17.1. The lowest BCUT2D eigenvalue weighted by Gasteiger charge is -2.68. The third-order valence-electron chi connectivity index (χ3n) is 9.60. The molecule has 3 aliphatic rings. The molecule has 12 heteroatoms. The fraction of sp³-hybridized carbons (Fsp3) is 0.385. The second-order valence-corrected chi connectivity index (χ2v) is 15.4. The lowest BCUT2D eigenvalue weighted by atomic mass is 9.35. The molecule has 3 saturated carbocycles. The number of aliphatic carboxylic acids is 1. The van der Waals surface area contributed by atoms with Crippen molar-refractivity contribution in [3.05, 3.63) is 82.0 Å². The predicted molar refractivity (Wildman–Crippen MR) is 197 cm³/mol. The molecule has 2 N–H and O–H groups in total. The Kier molecular flexibility index (Phi) is 9.98. The van der Waals surface area contributed by atoms with Crippen LogP contribution in [0, 0.1) is 10.8 Å². The molecule has 4 aromatic rings. The van der Waals surface area contributed by atoms with Gasteiger partial charge in [-0.05, 0) is 87.4 Å². The van der Waals surface area contributed by atoms with E-state index >= 15 is 0 Å². The van der Waals surface area contributed by atoms with Gasteiger partial charge in [0.25, 0.3) is 0 Å². The zero-order valence-corrected chi connectivity index (χ0v) is 31.1. The van der Waals surface area contributed by atoms with Crippen LogP contribution < -0.4 is 14.8 Å². The van der Waals surface area contributed by atoms with Gasteiger partial charge in [0, 0.05) is 54.2 Å². The van der Waals surface area contributed by atoms with Gasteiger partial charge >= 0.3 is 12.1 Å². The van der Waals surface area contributed by atoms with Gasteiger partial charge in [-0.1, -0.05) is 41.4 Å². The second-order valence-electron chi connectivity index (χ2n) is 14.7. The number of rotatable bonds is 12. The van der Waals surface area contributed by atoms with Gasteiger partial charge in [0.15, 0.2) is 0 Å². The first-order valence-corrected chi connectivity index (χ1v) is 17.5. The molecule has 7 rings (SSSR count). The Bertz CT molecular complexity index is 1980. The maximum atomic E-state index is 12.6. The van der Waals surface area contributed by atoms with Crippen molar-refractivity contribution in [1.82, 2.24) is 20.2 Å². The largest absolute Gasteiger partial charge is 0.497 e. The molecule has 2 aromatic carbocycles. The molecule has 0 spiro atoms. The molecule has 2 bridgehead atoms. The van der Waals surface area contributed by atoms with Crippen molar-refractivity contribution in [2.24, 2.45) is 10.8 Å². The van der Waals surface area contributed by atoms with Gasteiger partial charge in [0.1, 0.15) is 11.4 Å². The molecular formula is C39H42Cl2N4O6. The monoisotopic (exact) mass is 732 g/mol. The smallest absolute Gasteiger partial charge is 0.410 e. The van der Waals surface area contributed by atoms with Gasteiger partial charge in [-0.3, -0.25) is 9.78 Å². The van der Waals surface area contributed by atoms with E-state index in [0.717, 1.165) is 36.9 Å². The van der Waals surface area contributed by atoms with Crippen LogP contribution in [0.4, 0.5) is 4.79 Å². The quantitative estimate of drug-likeness (QED) is 0.148. The molecule has 51 heavy (non-hydrogen) atoms. The minimum Gasteiger partial charge on any atom is -0.497 e. The zero-order chi connectivity index (χ0) is 36.7. The molecule has 10 nitrogen and oxygen atoms in total. The number of carbonyl (C=O) groups is 2. The van der Waals surface area contributed by atoms with Gasteiger partial charge in [0.05, 0.1) is 47.6 Å². The van der Waals surface area contributed by atoms with E-state index in [-0.39, 0.29) is 12.0 Å². The number of nitrogens with one attached hydrogen (secondary N) is 1. The predicted octanol–water partition coefficient (Wildman–Crippen LogP) is 8.51. The van der Waals surface area contributed by atoms with E-state index in [1.807, 2.05) is 75.4 Å². The Morgan fingerprint density at radius 1 is 0.961 bits per heavy atom. The SMILES string of the molecule is COc1cc(CNCC23CC(C(=O)O)(C2)C3)cc(-c2nccc(-c3cccc(-c4ccc(CN(C)C(=O)OC(C)(C)C)c(OC)n4)c3Cl)c2Cl)c1. The Labute approximate surface area is 308 Å². The van der Waals surface area contributed by atoms with Crippen LogP contribution in [0.25, 0.3) is 33.6 Å². The molecule has 3 fully saturated rings. The molecule has 0 saturated heterocycles. The van der Waals surface area contributed by atoms with Crippen LogP contribution in [0.5, 0.6) is 11.6 Å². The normalized spacial score (nSPS) is 19.1. The van der Waals surface area contributed by atoms with E-state index in [1.165, 1.54) is 12.0 Å². The molecule has 0 radical (unpaired) electrons. The summed E-state index contributed by atoms with van der Waals surface area (Å²) in [5.41, 5.74) is 4.75. The molecule has 2 heterocycles. The van der Waals surface area contributed by atoms with Gasteiger partial charge in [-0.15, -0.1) is 0 Å². The summed E-state index contributed by atoms with van der Waals surface area (Å²) >= 11 is 14.2. The lowest BCUT2D eigenvalue weighted by molar-refractivity contribution is -0.220. The Hall–Kier alpha value is -4.38. The lowest BCUT2D eigenvalue weighted by Crippen LogP contribution is -2.68. The average Bonchev–Trinajstić information content (AvgIpc) is 3.04. The number of pyridine rings is 2. The number of hydrogen-bond donors (Lipinski definition) is 2. The number of benzene rings is 2. The number of halogens is 2. The van der Waals surface area contributed by atoms with Crippen molar-refractivity contribution in [1.29, 1.82) is 0 Å². The highest BCUT2D eigenvalue weighted by atomic mass is 35.5. The Morgan fingerprint density at radius 3 is 2.33 bits per heavy atom. The van der Waals surface area contributed by atoms with Crippen LogP contribution in [-0.4, -0.2) is 65.5 Å². The van der Waals surface area contributed by atoms with E-state index in [2.05, 4.69) is 10.3 Å². The first kappa shape index (κ1) is 36.4. The number of aromatic nitrogens is 2. The third kappa shape index (κ3) is 7.36. The van der Waals surface area contributed by atoms with Crippen LogP contribution >= 0.6 is 23.2 Å². The standard InChI is InChI=1S/C39H42Cl2N4O6/c1-37(2,3)51-36(48)45(4)18-24-10-11-30(44-34(24)50-6)29-9-7-8-27(31(29)40)28-12-13-43-33(32(28)41)25-14-23(15-26(16-25)49-5)17-42-22-38-19-39(20-38,21-38)35(46)47/h7-16,42H,17-22H2,1-6H3,(H,46,47). The second kappa shape index (κ2) is 14.0. The topological polar surface area (TPSA) is 123 Å². The molecule has 2 aromatic heterocycles. The van der Waals surface area contributed by atoms with Crippen molar-refractivity contribution < 1.29 is 28.9 Å². The Balaban J connectivity index is 1.23. The van der Waals surface area contributed by atoms with Crippen LogP contribution in [0.3, 0.4) is 0 Å². The molecule has 3 aliphatic carbocycles. The van der Waals surface area contributed by atoms with E-state index in [4.69, 9.17) is 42.4 Å². The van der Waals surface area contributed by atoms with Gasteiger partial charge in [-0.25, -0.2) is 9.78 Å². The summed E-state index contributed by atoms with van der Waals surface area (Å²) in [5, 5.41) is 13.9. The Morgan fingerprint density at radius 2 is 1.67 bits per heavy atom. The maximum Gasteiger partial charge on any atom is 0.410 e. The number of carbonyl (C=O) groups excluding carboxylic acids is 1. The highest BCUT2D eigenvalue weighted by Crippen LogP contribution is 2.73. The fourth-order valence-corrected chi connectivity index (χ4v) is 7.92. The molecule has 0 atom stereocenters. The number of carboxylic acid groups (broad SMARTS) is 1. The van der Waals surface area contributed by atoms with Crippen LogP contribution in [0.15, 0.2) is 60.8 Å². The van der Waals surface area contributed by atoms with Crippen LogP contribution in [0.1, 0.15) is 51.2 Å². The van der Waals surface area contributed by atoms with E-state index in [0.29, 0.717) is 61.9 Å². The summed E-state index contributed by atoms with van der Waals surface area (Å²) in [5.74, 6) is 0.364. The third-order valence-corrected chi connectivity index (χ3v) is 10.4. The fourth-order valence-electron chi connectivity index (χ4n) is 7.27. The summed E-state index contributed by atoms with van der Waals surface area (Å²) in [7, 11) is 4.82. The van der Waals surface area contributed by atoms with E-state index < -0.39 is 23.1 Å². The number of nitrogens with zero attached hydrogens (tertiary/aromatic N) is 3. The van der Waals surface area contributed by atoms with Crippen LogP contribution in [-0.2, 0) is 22.6 Å². The van der Waals surface area contributed by atoms with Crippen molar-refractivity contribution in [3.8, 4) is 45.3 Å². The molecule has 268 valence electrons. The highest BCUT2D eigenvalue weighted by molar-refractivity contribution is 6.39. The zero-order valence-electron chi connectivity index (χ0n) is 29.6. The van der Waals surface area contributed by atoms with Gasteiger partial charge in [-0.2, -0.15) is 0 Å². The number of methoxy groups -OCH3 is 2. The number of hydrogen-bond acceptors (Lipinski definition) is 8. The van der Waals surface area contributed by atoms with E-state index in [9.17, 15) is 14.7 Å². The highest BCUT2D eigenvalue weighted by Gasteiger charge is 2.71. The summed E-state index contributed by atoms with van der Waals surface area (Å²) < 4.78 is 16.7. The minimum absolute atomic E-state index is 0.0915. The molecule has 0 unspecified atom stereocenters. The van der Waals surface area contributed by atoms with Crippen molar-refractivity contribution >= 4 is 35.3 Å². The molecule has 0 aliphatic heterocycles. The number of amides is 1. The van der Waals surface area contributed by atoms with Crippen molar-refractivity contribution in [2.45, 2.75) is 58.7 Å². The number of carboxylic acids is 1. The van der Waals surface area contributed by atoms with Crippen molar-refractivity contribution in [2.75, 3.05) is 27.8 Å². The van der Waals surface area contributed by atoms with E-state index in [1.54, 1.807) is 20.4 Å². The maximum absolute atomic E-state index is 12.6. The average molecular weight is 734 g/mol. The molecular weight excluding hydrogens is 691 g/mol. The first-order valence-electron chi connectivity index (χ1n) is 16.7. The van der Waals surface area contributed by atoms with Gasteiger partial charge in [0.2, 0.25) is 5.88 Å². The summed E-state index contributed by atoms with van der Waals surface area (Å²) in [6.45, 7) is 7.06. The van der Waals surface area contributed by atoms with Gasteiger partial charge < -0.3 is 29.5 Å². The van der Waals surface area contributed by atoms with Crippen molar-refractivity contribution in [3.63, 3.8) is 0 Å². The molecule has 1 amide bonds. The summed E-state index contributed by atoms with van der Waals surface area (Å²) in [4.78, 5) is 34.9. The first-order chi connectivity index (χ1) is 24.2. The summed E-state index contributed by atoms with van der Waals surface area (Å²) in [6.07, 6.45) is 3.48.